The summed E-state index contributed by atoms with van der Waals surface area (Å²) in [5.41, 5.74) is 5.92. The third-order valence-corrected chi connectivity index (χ3v) is 4.84. The maximum absolute atomic E-state index is 3.60. The molecule has 0 spiro atoms. The molecule has 1 unspecified atom stereocenters. The topological polar surface area (TPSA) is 15.3 Å². The lowest BCUT2D eigenvalue weighted by atomic mass is 9.94. The fourth-order valence-electron chi connectivity index (χ4n) is 3.80. The molecule has 0 fully saturated rings. The summed E-state index contributed by atoms with van der Waals surface area (Å²) in [6.45, 7) is 3.21. The number of nitrogens with zero attached hydrogens (tertiary/aromatic N) is 1. The molecule has 0 amide bonds. The Morgan fingerprint density at radius 2 is 1.71 bits per heavy atom. The molecular formula is C19H22N2. The monoisotopic (exact) mass is 278 g/mol. The van der Waals surface area contributed by atoms with Crippen molar-refractivity contribution in [1.29, 1.82) is 0 Å². The molecule has 4 rings (SSSR count). The Morgan fingerprint density at radius 1 is 0.905 bits per heavy atom. The Morgan fingerprint density at radius 3 is 2.67 bits per heavy atom. The van der Waals surface area contributed by atoms with E-state index in [2.05, 4.69) is 58.7 Å². The highest BCUT2D eigenvalue weighted by molar-refractivity contribution is 5.57. The Bertz CT molecular complexity index is 635. The van der Waals surface area contributed by atoms with Gasteiger partial charge in [-0.2, -0.15) is 0 Å². The van der Waals surface area contributed by atoms with E-state index >= 15 is 0 Å². The quantitative estimate of drug-likeness (QED) is 0.856. The van der Waals surface area contributed by atoms with Gasteiger partial charge in [0.2, 0.25) is 0 Å². The summed E-state index contributed by atoms with van der Waals surface area (Å²) in [6, 6.07) is 18.3. The molecule has 2 nitrogen and oxygen atoms in total. The van der Waals surface area contributed by atoms with Crippen LogP contribution in [0.1, 0.15) is 35.6 Å². The smallest absolute Gasteiger partial charge is 0.0670 e. The molecule has 2 aromatic carbocycles. The molecule has 2 heteroatoms. The summed E-state index contributed by atoms with van der Waals surface area (Å²) in [5.74, 6) is 0. The number of aryl methyl sites for hydroxylation is 1. The normalized spacial score (nSPS) is 21.3. The first-order valence-corrected chi connectivity index (χ1v) is 8.06. The number of para-hydroxylation sites is 1. The van der Waals surface area contributed by atoms with Crippen LogP contribution in [0.3, 0.4) is 0 Å². The van der Waals surface area contributed by atoms with E-state index in [1.807, 2.05) is 0 Å². The molecule has 0 saturated carbocycles. The van der Waals surface area contributed by atoms with Crippen LogP contribution in [-0.2, 0) is 13.0 Å². The molecule has 0 aromatic heterocycles. The molecular weight excluding hydrogens is 256 g/mol. The molecule has 0 bridgehead atoms. The van der Waals surface area contributed by atoms with E-state index in [1.54, 1.807) is 0 Å². The van der Waals surface area contributed by atoms with Gasteiger partial charge in [-0.15, -0.1) is 0 Å². The molecule has 1 N–H and O–H groups in total. The first kappa shape index (κ1) is 12.9. The number of rotatable bonds is 1. The fraction of sp³-hybridized carbons (Fsp3) is 0.368. The van der Waals surface area contributed by atoms with E-state index in [1.165, 1.54) is 41.6 Å². The van der Waals surface area contributed by atoms with Crippen LogP contribution in [0.15, 0.2) is 48.5 Å². The minimum absolute atomic E-state index is 0.467. The van der Waals surface area contributed by atoms with E-state index in [9.17, 15) is 0 Å². The molecule has 21 heavy (non-hydrogen) atoms. The lowest BCUT2D eigenvalue weighted by Gasteiger charge is -2.38. The minimum atomic E-state index is 0.467. The number of benzene rings is 2. The second-order valence-electron chi connectivity index (χ2n) is 6.12. The molecule has 2 aliphatic rings. The van der Waals surface area contributed by atoms with E-state index < -0.39 is 0 Å². The number of hydrogen-bond donors (Lipinski definition) is 1. The first-order valence-electron chi connectivity index (χ1n) is 8.06. The maximum atomic E-state index is 3.60. The summed E-state index contributed by atoms with van der Waals surface area (Å²) in [5, 5.41) is 3.60. The van der Waals surface area contributed by atoms with Gasteiger partial charge in [0.1, 0.15) is 0 Å². The van der Waals surface area contributed by atoms with E-state index in [-0.39, 0.29) is 0 Å². The van der Waals surface area contributed by atoms with Crippen molar-refractivity contribution in [2.75, 3.05) is 18.0 Å². The summed E-state index contributed by atoms with van der Waals surface area (Å²) in [4.78, 5) is 2.63. The van der Waals surface area contributed by atoms with Crippen molar-refractivity contribution in [3.05, 3.63) is 65.2 Å². The van der Waals surface area contributed by atoms with Crippen molar-refractivity contribution in [3.63, 3.8) is 0 Å². The SMILES string of the molecule is c1ccc2c(c1)CNCC2N1CCCCc2ccccc21. The molecule has 1 atom stereocenters. The van der Waals surface area contributed by atoms with Crippen LogP contribution in [0.4, 0.5) is 5.69 Å². The van der Waals surface area contributed by atoms with Gasteiger partial charge in [-0.3, -0.25) is 0 Å². The average Bonchev–Trinajstić information content (AvgIpc) is 2.77. The highest BCUT2D eigenvalue weighted by Crippen LogP contribution is 2.35. The van der Waals surface area contributed by atoms with Crippen molar-refractivity contribution in [1.82, 2.24) is 5.32 Å². The van der Waals surface area contributed by atoms with Crippen molar-refractivity contribution >= 4 is 5.69 Å². The molecule has 0 radical (unpaired) electrons. The fourth-order valence-corrected chi connectivity index (χ4v) is 3.80. The van der Waals surface area contributed by atoms with Gasteiger partial charge < -0.3 is 10.2 Å². The molecule has 2 aliphatic heterocycles. The van der Waals surface area contributed by atoms with E-state index in [0.29, 0.717) is 6.04 Å². The Labute approximate surface area is 126 Å². The van der Waals surface area contributed by atoms with Crippen molar-refractivity contribution in [3.8, 4) is 0 Å². The van der Waals surface area contributed by atoms with Gasteiger partial charge in [-0.1, -0.05) is 42.5 Å². The third kappa shape index (κ3) is 2.34. The third-order valence-electron chi connectivity index (χ3n) is 4.84. The lowest BCUT2D eigenvalue weighted by molar-refractivity contribution is 0.510. The summed E-state index contributed by atoms with van der Waals surface area (Å²) < 4.78 is 0. The zero-order valence-electron chi connectivity index (χ0n) is 12.4. The summed E-state index contributed by atoms with van der Waals surface area (Å²) in [6.07, 6.45) is 3.80. The summed E-state index contributed by atoms with van der Waals surface area (Å²) in [7, 11) is 0. The van der Waals surface area contributed by atoms with E-state index in [0.717, 1.165) is 19.6 Å². The number of anilines is 1. The van der Waals surface area contributed by atoms with Crippen LogP contribution in [0, 0.1) is 0 Å². The minimum Gasteiger partial charge on any atom is -0.363 e. The van der Waals surface area contributed by atoms with Gasteiger partial charge in [0.05, 0.1) is 6.04 Å². The van der Waals surface area contributed by atoms with Gasteiger partial charge in [0.15, 0.2) is 0 Å². The predicted molar refractivity (Wildman–Crippen MR) is 87.6 cm³/mol. The van der Waals surface area contributed by atoms with Crippen LogP contribution in [0.5, 0.6) is 0 Å². The van der Waals surface area contributed by atoms with Crippen molar-refractivity contribution in [2.24, 2.45) is 0 Å². The summed E-state index contributed by atoms with van der Waals surface area (Å²) >= 11 is 0. The highest BCUT2D eigenvalue weighted by atomic mass is 15.2. The Kier molecular flexibility index (Phi) is 3.40. The number of hydrogen-bond acceptors (Lipinski definition) is 2. The van der Waals surface area contributed by atoms with Crippen molar-refractivity contribution < 1.29 is 0 Å². The molecule has 2 heterocycles. The highest BCUT2D eigenvalue weighted by Gasteiger charge is 2.27. The van der Waals surface area contributed by atoms with Gasteiger partial charge >= 0.3 is 0 Å². The molecule has 0 saturated heterocycles. The largest absolute Gasteiger partial charge is 0.363 e. The van der Waals surface area contributed by atoms with Crippen molar-refractivity contribution in [2.45, 2.75) is 31.8 Å². The maximum Gasteiger partial charge on any atom is 0.0670 e. The molecule has 108 valence electrons. The van der Waals surface area contributed by atoms with Crippen LogP contribution in [0.2, 0.25) is 0 Å². The number of nitrogens with one attached hydrogen (secondary N) is 1. The lowest BCUT2D eigenvalue weighted by Crippen LogP contribution is -2.40. The zero-order chi connectivity index (χ0) is 14.1. The van der Waals surface area contributed by atoms with Crippen LogP contribution in [-0.4, -0.2) is 13.1 Å². The van der Waals surface area contributed by atoms with Crippen LogP contribution < -0.4 is 10.2 Å². The second kappa shape index (κ2) is 5.53. The Hall–Kier alpha value is -1.80. The predicted octanol–water partition coefficient (Wildman–Crippen LogP) is 3.67. The number of fused-ring (bicyclic) bond motifs is 2. The molecule has 2 aromatic rings. The van der Waals surface area contributed by atoms with Crippen LogP contribution in [0.25, 0.3) is 0 Å². The van der Waals surface area contributed by atoms with Gasteiger partial charge in [0, 0.05) is 25.3 Å². The first-order chi connectivity index (χ1) is 10.4. The van der Waals surface area contributed by atoms with Gasteiger partial charge in [0.25, 0.3) is 0 Å². The Balaban J connectivity index is 1.77. The van der Waals surface area contributed by atoms with E-state index in [4.69, 9.17) is 0 Å². The standard InChI is InChI=1S/C19H22N2/c1-3-10-17-16(9-1)13-20-14-19(17)21-12-6-5-8-15-7-2-4-11-18(15)21/h1-4,7,9-11,19-20H,5-6,8,12-14H2. The second-order valence-corrected chi connectivity index (χ2v) is 6.12. The molecule has 0 aliphatic carbocycles. The van der Waals surface area contributed by atoms with Gasteiger partial charge in [-0.25, -0.2) is 0 Å². The van der Waals surface area contributed by atoms with Crippen LogP contribution >= 0.6 is 0 Å². The zero-order valence-corrected chi connectivity index (χ0v) is 12.4. The van der Waals surface area contributed by atoms with Gasteiger partial charge in [-0.05, 0) is 42.0 Å². The average molecular weight is 278 g/mol.